The van der Waals surface area contributed by atoms with Gasteiger partial charge in [0, 0.05) is 13.0 Å². The van der Waals surface area contributed by atoms with E-state index >= 15 is 0 Å². The number of fused-ring (bicyclic) bond motifs is 3. The van der Waals surface area contributed by atoms with E-state index in [-0.39, 0.29) is 12.0 Å². The average molecular weight is 345 g/mol. The maximum atomic E-state index is 12.7. The Balaban J connectivity index is 1.53. The monoisotopic (exact) mass is 345 g/mol. The van der Waals surface area contributed by atoms with Gasteiger partial charge in [-0.15, -0.1) is 6.42 Å². The summed E-state index contributed by atoms with van der Waals surface area (Å²) in [5.74, 6) is 2.92. The lowest BCUT2D eigenvalue weighted by molar-refractivity contribution is 0.0812. The molecule has 4 rings (SSSR count). The highest BCUT2D eigenvalue weighted by atomic mass is 16.6. The van der Waals surface area contributed by atoms with Gasteiger partial charge in [-0.1, -0.05) is 54.5 Å². The molecule has 1 fully saturated rings. The van der Waals surface area contributed by atoms with Gasteiger partial charge in [-0.25, -0.2) is 4.79 Å². The Morgan fingerprint density at radius 2 is 1.65 bits per heavy atom. The smallest absolute Gasteiger partial charge is 0.410 e. The maximum Gasteiger partial charge on any atom is 0.410 e. The van der Waals surface area contributed by atoms with Crippen molar-refractivity contribution < 1.29 is 9.53 Å². The predicted octanol–water partition coefficient (Wildman–Crippen LogP) is 4.81. The Labute approximate surface area is 155 Å². The zero-order chi connectivity index (χ0) is 18.1. The molecule has 0 bridgehead atoms. The summed E-state index contributed by atoms with van der Waals surface area (Å²) in [6, 6.07) is 16.7. The second kappa shape index (κ2) is 6.53. The van der Waals surface area contributed by atoms with Crippen molar-refractivity contribution in [3.63, 3.8) is 0 Å². The fraction of sp³-hybridized carbons (Fsp3) is 0.348. The van der Waals surface area contributed by atoms with E-state index in [0.717, 1.165) is 25.7 Å². The standard InChI is InChI=1S/C23H23NO2/c1-3-23(14-8-9-15-23)24(2)22(25)26-16-21-19-12-6-4-10-17(19)18-11-5-7-13-20(18)21/h1,4-7,10-13,21H,8-9,14-16H2,2H3. The normalized spacial score (nSPS) is 17.2. The van der Waals surface area contributed by atoms with Gasteiger partial charge in [-0.2, -0.15) is 0 Å². The fourth-order valence-corrected chi connectivity index (χ4v) is 4.40. The quantitative estimate of drug-likeness (QED) is 0.747. The molecule has 2 aromatic rings. The summed E-state index contributed by atoms with van der Waals surface area (Å²) in [4.78, 5) is 14.3. The summed E-state index contributed by atoms with van der Waals surface area (Å²) in [5.41, 5.74) is 4.41. The zero-order valence-corrected chi connectivity index (χ0v) is 15.1. The SMILES string of the molecule is C#CC1(N(C)C(=O)OCC2c3ccccc3-c3ccccc32)CCCC1. The molecule has 0 radical (unpaired) electrons. The number of carbonyl (C=O) groups excluding carboxylic acids is 1. The van der Waals surface area contributed by atoms with Crippen LogP contribution < -0.4 is 0 Å². The number of hydrogen-bond acceptors (Lipinski definition) is 2. The number of nitrogens with zero attached hydrogens (tertiary/aromatic N) is 1. The molecular formula is C23H23NO2. The van der Waals surface area contributed by atoms with E-state index in [2.05, 4.69) is 42.3 Å². The van der Waals surface area contributed by atoms with E-state index in [0.29, 0.717) is 6.61 Å². The third-order valence-electron chi connectivity index (χ3n) is 5.95. The van der Waals surface area contributed by atoms with Gasteiger partial charge in [0.2, 0.25) is 0 Å². The predicted molar refractivity (Wildman–Crippen MR) is 103 cm³/mol. The summed E-state index contributed by atoms with van der Waals surface area (Å²) in [7, 11) is 1.77. The summed E-state index contributed by atoms with van der Waals surface area (Å²) in [5, 5.41) is 0. The number of terminal acetylenes is 1. The lowest BCUT2D eigenvalue weighted by Gasteiger charge is -2.33. The first-order valence-corrected chi connectivity index (χ1v) is 9.23. The molecule has 0 N–H and O–H groups in total. The van der Waals surface area contributed by atoms with Gasteiger partial charge in [0.05, 0.1) is 0 Å². The van der Waals surface area contributed by atoms with Gasteiger partial charge in [0.1, 0.15) is 12.1 Å². The van der Waals surface area contributed by atoms with Gasteiger partial charge in [-0.3, -0.25) is 4.90 Å². The highest BCUT2D eigenvalue weighted by Gasteiger charge is 2.39. The van der Waals surface area contributed by atoms with Gasteiger partial charge in [0.25, 0.3) is 0 Å². The lowest BCUT2D eigenvalue weighted by Crippen LogP contribution is -2.47. The summed E-state index contributed by atoms with van der Waals surface area (Å²) in [6.07, 6.45) is 9.25. The van der Waals surface area contributed by atoms with Gasteiger partial charge < -0.3 is 4.74 Å². The van der Waals surface area contributed by atoms with E-state index < -0.39 is 5.54 Å². The molecule has 26 heavy (non-hydrogen) atoms. The topological polar surface area (TPSA) is 29.5 Å². The van der Waals surface area contributed by atoms with E-state index in [4.69, 9.17) is 11.2 Å². The van der Waals surface area contributed by atoms with Crippen molar-refractivity contribution >= 4 is 6.09 Å². The van der Waals surface area contributed by atoms with Crippen LogP contribution in [0.2, 0.25) is 0 Å². The van der Waals surface area contributed by atoms with Gasteiger partial charge in [-0.05, 0) is 47.9 Å². The third-order valence-corrected chi connectivity index (χ3v) is 5.95. The van der Waals surface area contributed by atoms with Crippen molar-refractivity contribution in [2.75, 3.05) is 13.7 Å². The molecule has 0 atom stereocenters. The number of hydrogen-bond donors (Lipinski definition) is 0. The molecule has 0 unspecified atom stereocenters. The molecule has 2 aliphatic rings. The molecule has 1 saturated carbocycles. The largest absolute Gasteiger partial charge is 0.448 e. The summed E-state index contributed by atoms with van der Waals surface area (Å²) < 4.78 is 5.73. The van der Waals surface area contributed by atoms with Crippen LogP contribution in [-0.4, -0.2) is 30.2 Å². The highest BCUT2D eigenvalue weighted by molar-refractivity contribution is 5.79. The van der Waals surface area contributed by atoms with Gasteiger partial charge in [0.15, 0.2) is 0 Å². The second-order valence-corrected chi connectivity index (χ2v) is 7.25. The van der Waals surface area contributed by atoms with Gasteiger partial charge >= 0.3 is 6.09 Å². The molecule has 0 saturated heterocycles. The van der Waals surface area contributed by atoms with Crippen LogP contribution in [0.5, 0.6) is 0 Å². The Kier molecular flexibility index (Phi) is 4.20. The minimum absolute atomic E-state index is 0.0742. The third kappa shape index (κ3) is 2.57. The molecule has 2 aliphatic carbocycles. The number of carbonyl (C=O) groups is 1. The molecule has 132 valence electrons. The molecule has 0 spiro atoms. The number of amides is 1. The van der Waals surface area contributed by atoms with Crippen LogP contribution in [0.25, 0.3) is 11.1 Å². The van der Waals surface area contributed by atoms with Crippen molar-refractivity contribution in [1.82, 2.24) is 4.90 Å². The summed E-state index contributed by atoms with van der Waals surface area (Å²) >= 11 is 0. The van der Waals surface area contributed by atoms with Crippen molar-refractivity contribution in [1.29, 1.82) is 0 Å². The van der Waals surface area contributed by atoms with Crippen molar-refractivity contribution in [2.45, 2.75) is 37.1 Å². The van der Waals surface area contributed by atoms with Crippen LogP contribution in [0, 0.1) is 12.3 Å². The lowest BCUT2D eigenvalue weighted by atomic mass is 9.97. The van der Waals surface area contributed by atoms with Crippen LogP contribution in [0.4, 0.5) is 4.79 Å². The van der Waals surface area contributed by atoms with Crippen LogP contribution in [-0.2, 0) is 4.74 Å². The molecule has 3 heteroatoms. The zero-order valence-electron chi connectivity index (χ0n) is 15.1. The minimum atomic E-state index is -0.484. The second-order valence-electron chi connectivity index (χ2n) is 7.25. The molecular weight excluding hydrogens is 322 g/mol. The Morgan fingerprint density at radius 3 is 2.19 bits per heavy atom. The van der Waals surface area contributed by atoms with Crippen LogP contribution in [0.15, 0.2) is 48.5 Å². The first kappa shape index (κ1) is 16.7. The molecule has 2 aromatic carbocycles. The van der Waals surface area contributed by atoms with Crippen LogP contribution in [0.3, 0.4) is 0 Å². The number of benzene rings is 2. The van der Waals surface area contributed by atoms with E-state index in [1.165, 1.54) is 22.3 Å². The molecule has 0 aliphatic heterocycles. The summed E-state index contributed by atoms with van der Waals surface area (Å²) in [6.45, 7) is 0.331. The Hall–Kier alpha value is -2.73. The number of rotatable bonds is 3. The van der Waals surface area contributed by atoms with Crippen LogP contribution in [0.1, 0.15) is 42.7 Å². The molecule has 0 aromatic heterocycles. The maximum absolute atomic E-state index is 12.7. The first-order chi connectivity index (χ1) is 12.7. The van der Waals surface area contributed by atoms with Crippen LogP contribution >= 0.6 is 0 Å². The first-order valence-electron chi connectivity index (χ1n) is 9.23. The Morgan fingerprint density at radius 1 is 1.12 bits per heavy atom. The number of ether oxygens (including phenoxy) is 1. The molecule has 1 amide bonds. The van der Waals surface area contributed by atoms with E-state index in [1.54, 1.807) is 11.9 Å². The van der Waals surface area contributed by atoms with Crippen molar-refractivity contribution in [2.24, 2.45) is 0 Å². The average Bonchev–Trinajstić information content (AvgIpc) is 3.29. The van der Waals surface area contributed by atoms with Crippen molar-refractivity contribution in [3.8, 4) is 23.5 Å². The molecule has 3 nitrogen and oxygen atoms in total. The fourth-order valence-electron chi connectivity index (χ4n) is 4.40. The Bertz CT molecular complexity index is 828. The van der Waals surface area contributed by atoms with E-state index in [9.17, 15) is 4.79 Å². The van der Waals surface area contributed by atoms with E-state index in [1.807, 2.05) is 12.1 Å². The highest BCUT2D eigenvalue weighted by Crippen LogP contribution is 2.44. The minimum Gasteiger partial charge on any atom is -0.448 e. The van der Waals surface area contributed by atoms with Crippen molar-refractivity contribution in [3.05, 3.63) is 59.7 Å². The molecule has 0 heterocycles.